The molecule has 2 amide bonds. The highest BCUT2D eigenvalue weighted by Crippen LogP contribution is 2.01. The van der Waals surface area contributed by atoms with Crippen LogP contribution in [0.3, 0.4) is 0 Å². The fourth-order valence-corrected chi connectivity index (χ4v) is 3.77. The molecule has 0 aliphatic rings. The Kier molecular flexibility index (Phi) is 40.4. The number of carbonyl (C=O) groups is 2. The molecule has 0 aromatic heterocycles. The van der Waals surface area contributed by atoms with Crippen molar-refractivity contribution in [2.24, 2.45) is 17.2 Å². The number of amides is 2. The maximum atomic E-state index is 12.3. The Bertz CT molecular complexity index is 719. The lowest BCUT2D eigenvalue weighted by Crippen LogP contribution is -2.49. The maximum Gasteiger partial charge on any atom is 0.242 e. The molecule has 0 spiro atoms. The lowest BCUT2D eigenvalue weighted by Gasteiger charge is -2.18. The van der Waals surface area contributed by atoms with Gasteiger partial charge in [0.15, 0.2) is 0 Å². The van der Waals surface area contributed by atoms with Gasteiger partial charge in [-0.1, -0.05) is 0 Å². The number of rotatable bonds is 42. The van der Waals surface area contributed by atoms with E-state index in [2.05, 4.69) is 10.6 Å². The van der Waals surface area contributed by atoms with Gasteiger partial charge in [0.25, 0.3) is 0 Å². The van der Waals surface area contributed by atoms with E-state index >= 15 is 0 Å². The molecule has 1 atom stereocenters. The number of hydrogen-bond donors (Lipinski definition) is 5. The van der Waals surface area contributed by atoms with Gasteiger partial charge in [-0.05, 0) is 25.8 Å². The predicted octanol–water partition coefficient (Wildman–Crippen LogP) is -2.18. The molecule has 0 aliphatic carbocycles. The van der Waals surface area contributed by atoms with Crippen LogP contribution in [0, 0.1) is 0 Å². The van der Waals surface area contributed by atoms with Crippen LogP contribution in [-0.2, 0) is 61.7 Å². The van der Waals surface area contributed by atoms with Crippen LogP contribution in [0.2, 0.25) is 0 Å². The summed E-state index contributed by atoms with van der Waals surface area (Å²) in [5, 5.41) is 5.40. The molecule has 298 valence electrons. The van der Waals surface area contributed by atoms with E-state index in [1.165, 1.54) is 0 Å². The molecule has 0 aromatic rings. The predicted molar refractivity (Wildman–Crippen MR) is 185 cm³/mol. The second-order valence-electron chi connectivity index (χ2n) is 10.4. The van der Waals surface area contributed by atoms with Crippen LogP contribution in [0.15, 0.2) is 0 Å². The van der Waals surface area contributed by atoms with Crippen LogP contribution >= 0.6 is 0 Å². The largest absolute Gasteiger partial charge is 0.378 e. The molecule has 0 heterocycles. The molecular weight excluding hydrogens is 662 g/mol. The van der Waals surface area contributed by atoms with E-state index in [1.807, 2.05) is 0 Å². The summed E-state index contributed by atoms with van der Waals surface area (Å²) in [6.07, 6.45) is 2.01. The van der Waals surface area contributed by atoms with Crippen LogP contribution in [0.4, 0.5) is 0 Å². The Hall–Kier alpha value is -1.62. The average molecular weight is 730 g/mol. The minimum atomic E-state index is -0.631. The van der Waals surface area contributed by atoms with Crippen LogP contribution in [-0.4, -0.2) is 189 Å². The van der Waals surface area contributed by atoms with E-state index < -0.39 is 6.04 Å². The van der Waals surface area contributed by atoms with Gasteiger partial charge in [-0.2, -0.15) is 0 Å². The van der Waals surface area contributed by atoms with Crippen molar-refractivity contribution in [1.82, 2.24) is 10.6 Å². The van der Waals surface area contributed by atoms with Crippen molar-refractivity contribution >= 4 is 11.8 Å². The zero-order valence-corrected chi connectivity index (χ0v) is 30.1. The minimum Gasteiger partial charge on any atom is -0.378 e. The van der Waals surface area contributed by atoms with Crippen molar-refractivity contribution in [3.8, 4) is 0 Å². The lowest BCUT2D eigenvalue weighted by molar-refractivity contribution is -0.128. The number of ether oxygens (including phenoxy) is 11. The summed E-state index contributed by atoms with van der Waals surface area (Å²) in [7, 11) is 0. The lowest BCUT2D eigenvalue weighted by atomic mass is 10.1. The molecule has 0 fully saturated rings. The number of unbranched alkanes of at least 4 members (excludes halogenated alkanes) is 1. The standard InChI is InChI=1S/C32H67N5O13/c33-4-2-1-3-30(37-31(38)29-35)32(39)36-6-8-41-10-12-43-14-16-45-18-20-47-22-24-49-26-28-50-27-25-48-23-21-46-19-17-44-15-13-42-11-9-40-7-5-34/h30H,1-29,33-35H2,(H,36,39)(H,37,38). The molecule has 0 aromatic carbocycles. The summed E-state index contributed by atoms with van der Waals surface area (Å²) in [5.74, 6) is -0.639. The van der Waals surface area contributed by atoms with Crippen molar-refractivity contribution in [2.75, 3.05) is 172 Å². The fraction of sp³-hybridized carbons (Fsp3) is 0.938. The van der Waals surface area contributed by atoms with Gasteiger partial charge in [-0.25, -0.2) is 0 Å². The molecule has 18 heteroatoms. The summed E-state index contributed by atoms with van der Waals surface area (Å²) in [4.78, 5) is 23.9. The third kappa shape index (κ3) is 37.6. The van der Waals surface area contributed by atoms with Crippen LogP contribution in [0.5, 0.6) is 0 Å². The molecule has 0 saturated heterocycles. The Morgan fingerprint density at radius 3 is 1.04 bits per heavy atom. The first-order chi connectivity index (χ1) is 24.7. The van der Waals surface area contributed by atoms with Crippen molar-refractivity contribution < 1.29 is 61.7 Å². The summed E-state index contributed by atoms with van der Waals surface area (Å²) >= 11 is 0. The SMILES string of the molecule is NCCCCC(NC(=O)CN)C(=O)NCCOCCOCCOCCOCCOCCOCCOCCOCCOCCOCCOCCN. The van der Waals surface area contributed by atoms with Gasteiger partial charge >= 0.3 is 0 Å². The van der Waals surface area contributed by atoms with Gasteiger partial charge < -0.3 is 79.9 Å². The molecule has 8 N–H and O–H groups in total. The third-order valence-electron chi connectivity index (χ3n) is 6.31. The van der Waals surface area contributed by atoms with Gasteiger partial charge in [0.1, 0.15) is 6.04 Å². The highest BCUT2D eigenvalue weighted by Gasteiger charge is 2.19. The monoisotopic (exact) mass is 729 g/mol. The number of nitrogens with two attached hydrogens (primary N) is 3. The first-order valence-electron chi connectivity index (χ1n) is 17.7. The van der Waals surface area contributed by atoms with Gasteiger partial charge in [0.05, 0.1) is 152 Å². The summed E-state index contributed by atoms with van der Waals surface area (Å²) in [6, 6.07) is -0.631. The normalized spacial score (nSPS) is 12.0. The smallest absolute Gasteiger partial charge is 0.242 e. The van der Waals surface area contributed by atoms with Crippen molar-refractivity contribution in [3.63, 3.8) is 0 Å². The molecular formula is C32H67N5O13. The summed E-state index contributed by atoms with van der Waals surface area (Å²) in [6.45, 7) is 11.7. The highest BCUT2D eigenvalue weighted by molar-refractivity contribution is 5.88. The quantitative estimate of drug-likeness (QED) is 0.0420. The Balaban J connectivity index is 3.27. The summed E-state index contributed by atoms with van der Waals surface area (Å²) in [5.41, 5.74) is 16.2. The first kappa shape index (κ1) is 48.4. The molecule has 1 unspecified atom stereocenters. The molecule has 50 heavy (non-hydrogen) atoms. The van der Waals surface area contributed by atoms with E-state index in [1.54, 1.807) is 0 Å². The number of hydrogen-bond acceptors (Lipinski definition) is 16. The summed E-state index contributed by atoms with van der Waals surface area (Å²) < 4.78 is 59.7. The van der Waals surface area contributed by atoms with Crippen molar-refractivity contribution in [1.29, 1.82) is 0 Å². The molecule has 0 rings (SSSR count). The van der Waals surface area contributed by atoms with E-state index in [-0.39, 0.29) is 18.4 Å². The zero-order valence-electron chi connectivity index (χ0n) is 30.1. The zero-order chi connectivity index (χ0) is 36.4. The molecule has 0 radical (unpaired) electrons. The van der Waals surface area contributed by atoms with E-state index in [0.717, 1.165) is 12.8 Å². The third-order valence-corrected chi connectivity index (χ3v) is 6.31. The Labute approximate surface area is 298 Å². The second kappa shape index (κ2) is 41.8. The molecule has 0 aliphatic heterocycles. The number of nitrogens with one attached hydrogen (secondary N) is 2. The van der Waals surface area contributed by atoms with Crippen LogP contribution < -0.4 is 27.8 Å². The van der Waals surface area contributed by atoms with Crippen molar-refractivity contribution in [3.05, 3.63) is 0 Å². The van der Waals surface area contributed by atoms with Gasteiger partial charge in [-0.3, -0.25) is 9.59 Å². The maximum absolute atomic E-state index is 12.3. The second-order valence-corrected chi connectivity index (χ2v) is 10.4. The Morgan fingerprint density at radius 1 is 0.420 bits per heavy atom. The van der Waals surface area contributed by atoms with Crippen molar-refractivity contribution in [2.45, 2.75) is 25.3 Å². The topological polar surface area (TPSA) is 238 Å². The van der Waals surface area contributed by atoms with Crippen LogP contribution in [0.1, 0.15) is 19.3 Å². The Morgan fingerprint density at radius 2 is 0.740 bits per heavy atom. The number of carbonyl (C=O) groups excluding carboxylic acids is 2. The molecule has 0 saturated carbocycles. The molecule has 0 bridgehead atoms. The van der Waals surface area contributed by atoms with E-state index in [9.17, 15) is 9.59 Å². The first-order valence-corrected chi connectivity index (χ1v) is 17.7. The minimum absolute atomic E-state index is 0.169. The van der Waals surface area contributed by atoms with Gasteiger partial charge in [-0.15, -0.1) is 0 Å². The van der Waals surface area contributed by atoms with E-state index in [0.29, 0.717) is 171 Å². The fourth-order valence-electron chi connectivity index (χ4n) is 3.77. The van der Waals surface area contributed by atoms with Gasteiger partial charge in [0, 0.05) is 13.1 Å². The molecule has 18 nitrogen and oxygen atoms in total. The highest BCUT2D eigenvalue weighted by atomic mass is 16.6. The average Bonchev–Trinajstić information content (AvgIpc) is 3.12. The van der Waals surface area contributed by atoms with E-state index in [4.69, 9.17) is 69.3 Å². The van der Waals surface area contributed by atoms with Gasteiger partial charge in [0.2, 0.25) is 11.8 Å². The van der Waals surface area contributed by atoms with Crippen LogP contribution in [0.25, 0.3) is 0 Å².